The molecule has 22 heavy (non-hydrogen) atoms. The van der Waals surface area contributed by atoms with E-state index in [-0.39, 0.29) is 11.8 Å². The molecule has 1 heterocycles. The van der Waals surface area contributed by atoms with Crippen molar-refractivity contribution in [2.24, 2.45) is 11.8 Å². The van der Waals surface area contributed by atoms with E-state index in [1.54, 1.807) is 0 Å². The summed E-state index contributed by atoms with van der Waals surface area (Å²) in [6.07, 6.45) is 3.92. The Morgan fingerprint density at radius 3 is 2.73 bits per heavy atom. The van der Waals surface area contributed by atoms with Gasteiger partial charge in [-0.2, -0.15) is 0 Å². The van der Waals surface area contributed by atoms with Gasteiger partial charge in [-0.3, -0.25) is 9.59 Å². The Hall–Kier alpha value is -1.95. The summed E-state index contributed by atoms with van der Waals surface area (Å²) in [5, 5.41) is 3.32. The molecule has 1 amide bonds. The maximum Gasteiger partial charge on any atom is 0.318 e. The summed E-state index contributed by atoms with van der Waals surface area (Å²) < 4.78 is 5.83. The number of hydrogen-bond donors (Lipinski definition) is 1. The molecule has 0 bridgehead atoms. The number of esters is 1. The van der Waals surface area contributed by atoms with Crippen molar-refractivity contribution in [3.8, 4) is 0 Å². The highest BCUT2D eigenvalue weighted by atomic mass is 32.1. The van der Waals surface area contributed by atoms with Crippen LogP contribution in [0.2, 0.25) is 0 Å². The first-order chi connectivity index (χ1) is 10.7. The fraction of sp³-hybridized carbons (Fsp3) is 0.438. The number of para-hydroxylation sites is 1. The lowest BCUT2D eigenvalue weighted by Crippen LogP contribution is -2.35. The third-order valence-electron chi connectivity index (χ3n) is 4.13. The number of nitrogens with one attached hydrogen (secondary N) is 1. The van der Waals surface area contributed by atoms with Gasteiger partial charge in [0, 0.05) is 0 Å². The molecular weight excluding hydrogens is 300 g/mol. The predicted octanol–water partition coefficient (Wildman–Crippen LogP) is 3.21. The zero-order valence-electron chi connectivity index (χ0n) is 12.4. The van der Waals surface area contributed by atoms with E-state index in [0.717, 1.165) is 35.9 Å². The van der Waals surface area contributed by atoms with Crippen LogP contribution in [0, 0.1) is 11.8 Å². The van der Waals surface area contributed by atoms with E-state index in [0.29, 0.717) is 5.13 Å². The molecule has 1 aliphatic rings. The summed E-state index contributed by atoms with van der Waals surface area (Å²) in [5.74, 6) is -1.43. The van der Waals surface area contributed by atoms with Crippen LogP contribution >= 0.6 is 11.3 Å². The second-order valence-electron chi connectivity index (χ2n) is 5.52. The molecule has 1 aliphatic carbocycles. The number of amides is 1. The van der Waals surface area contributed by atoms with Gasteiger partial charge in [0.05, 0.1) is 17.3 Å². The van der Waals surface area contributed by atoms with Crippen LogP contribution in [0.1, 0.15) is 25.7 Å². The Balaban J connectivity index is 1.79. The Morgan fingerprint density at radius 2 is 2.05 bits per heavy atom. The number of methoxy groups -OCH3 is 1. The molecule has 1 unspecified atom stereocenters. The Kier molecular flexibility index (Phi) is 4.38. The number of benzene rings is 1. The molecule has 116 valence electrons. The van der Waals surface area contributed by atoms with E-state index >= 15 is 0 Å². The van der Waals surface area contributed by atoms with Crippen LogP contribution in [0.25, 0.3) is 10.2 Å². The number of carbonyl (C=O) groups is 2. The number of rotatable bonds is 4. The summed E-state index contributed by atoms with van der Waals surface area (Å²) in [7, 11) is 1.33. The van der Waals surface area contributed by atoms with E-state index in [9.17, 15) is 9.59 Å². The minimum absolute atomic E-state index is 0.0711. The molecule has 1 saturated carbocycles. The maximum atomic E-state index is 12.5. The first kappa shape index (κ1) is 15.0. The molecule has 0 saturated heterocycles. The molecule has 3 rings (SSSR count). The van der Waals surface area contributed by atoms with Crippen molar-refractivity contribution < 1.29 is 14.3 Å². The molecule has 1 aromatic heterocycles. The van der Waals surface area contributed by atoms with Crippen LogP contribution in [0.4, 0.5) is 5.13 Å². The average molecular weight is 318 g/mol. The fourth-order valence-corrected chi connectivity index (χ4v) is 3.91. The number of aromatic nitrogens is 1. The van der Waals surface area contributed by atoms with Gasteiger partial charge in [-0.05, 0) is 30.9 Å². The lowest BCUT2D eigenvalue weighted by atomic mass is 9.90. The zero-order valence-corrected chi connectivity index (χ0v) is 13.2. The van der Waals surface area contributed by atoms with Crippen LogP contribution < -0.4 is 5.32 Å². The zero-order chi connectivity index (χ0) is 15.5. The normalized spacial score (nSPS) is 16.6. The van der Waals surface area contributed by atoms with E-state index in [4.69, 9.17) is 4.74 Å². The van der Waals surface area contributed by atoms with Crippen molar-refractivity contribution >= 4 is 38.6 Å². The number of hydrogen-bond acceptors (Lipinski definition) is 5. The average Bonchev–Trinajstić information content (AvgIpc) is 3.15. The third kappa shape index (κ3) is 2.97. The second kappa shape index (κ2) is 6.44. The standard InChI is InChI=1S/C16H18N2O3S/c1-21-15(20)13(10-6-2-3-7-10)14(19)18-16-17-11-8-4-5-9-12(11)22-16/h4-5,8-10,13H,2-3,6-7H2,1H3,(H,17,18,19). The molecule has 1 atom stereocenters. The fourth-order valence-electron chi connectivity index (χ4n) is 3.04. The van der Waals surface area contributed by atoms with Crippen LogP contribution in [0.5, 0.6) is 0 Å². The van der Waals surface area contributed by atoms with Gasteiger partial charge in [0.15, 0.2) is 5.13 Å². The van der Waals surface area contributed by atoms with Gasteiger partial charge < -0.3 is 10.1 Å². The predicted molar refractivity (Wildman–Crippen MR) is 85.7 cm³/mol. The summed E-state index contributed by atoms with van der Waals surface area (Å²) in [6.45, 7) is 0. The van der Waals surface area contributed by atoms with Crippen molar-refractivity contribution in [1.82, 2.24) is 4.98 Å². The monoisotopic (exact) mass is 318 g/mol. The van der Waals surface area contributed by atoms with Crippen molar-refractivity contribution in [3.63, 3.8) is 0 Å². The largest absolute Gasteiger partial charge is 0.468 e. The maximum absolute atomic E-state index is 12.5. The minimum Gasteiger partial charge on any atom is -0.468 e. The number of thiazole rings is 1. The number of ether oxygens (including phenoxy) is 1. The topological polar surface area (TPSA) is 68.3 Å². The Morgan fingerprint density at radius 1 is 1.32 bits per heavy atom. The molecular formula is C16H18N2O3S. The number of carbonyl (C=O) groups excluding carboxylic acids is 2. The number of anilines is 1. The highest BCUT2D eigenvalue weighted by molar-refractivity contribution is 7.22. The number of fused-ring (bicyclic) bond motifs is 1. The number of nitrogens with zero attached hydrogens (tertiary/aromatic N) is 1. The first-order valence-electron chi connectivity index (χ1n) is 7.43. The smallest absolute Gasteiger partial charge is 0.318 e. The van der Waals surface area contributed by atoms with Crippen LogP contribution in [-0.2, 0) is 14.3 Å². The SMILES string of the molecule is COC(=O)C(C(=O)Nc1nc2ccccc2s1)C1CCCC1. The van der Waals surface area contributed by atoms with Crippen molar-refractivity contribution in [2.45, 2.75) is 25.7 Å². The van der Waals surface area contributed by atoms with E-state index < -0.39 is 11.9 Å². The molecule has 0 radical (unpaired) electrons. The van der Waals surface area contributed by atoms with Crippen molar-refractivity contribution in [2.75, 3.05) is 12.4 Å². The first-order valence-corrected chi connectivity index (χ1v) is 8.25. The molecule has 2 aromatic rings. The minimum atomic E-state index is -0.737. The van der Waals surface area contributed by atoms with E-state index in [1.165, 1.54) is 18.4 Å². The van der Waals surface area contributed by atoms with Crippen molar-refractivity contribution in [1.29, 1.82) is 0 Å². The third-order valence-corrected chi connectivity index (χ3v) is 5.08. The van der Waals surface area contributed by atoms with Gasteiger partial charge >= 0.3 is 5.97 Å². The highest BCUT2D eigenvalue weighted by Gasteiger charge is 2.37. The molecule has 0 spiro atoms. The highest BCUT2D eigenvalue weighted by Crippen LogP contribution is 2.33. The van der Waals surface area contributed by atoms with E-state index in [2.05, 4.69) is 10.3 Å². The molecule has 0 aliphatic heterocycles. The summed E-state index contributed by atoms with van der Waals surface area (Å²) in [6, 6.07) is 7.69. The van der Waals surface area contributed by atoms with Crippen molar-refractivity contribution in [3.05, 3.63) is 24.3 Å². The summed E-state index contributed by atoms with van der Waals surface area (Å²) in [5.41, 5.74) is 0.846. The molecule has 1 aromatic carbocycles. The van der Waals surface area contributed by atoms with Gasteiger partial charge in [-0.1, -0.05) is 36.3 Å². The van der Waals surface area contributed by atoms with Gasteiger partial charge in [0.25, 0.3) is 0 Å². The lowest BCUT2D eigenvalue weighted by molar-refractivity contribution is -0.150. The van der Waals surface area contributed by atoms with Gasteiger partial charge in [0.2, 0.25) is 5.91 Å². The second-order valence-corrected chi connectivity index (χ2v) is 6.55. The van der Waals surface area contributed by atoms with Gasteiger partial charge in [-0.15, -0.1) is 0 Å². The van der Waals surface area contributed by atoms with Crippen LogP contribution in [0.3, 0.4) is 0 Å². The summed E-state index contributed by atoms with van der Waals surface area (Å²) in [4.78, 5) is 28.9. The molecule has 1 N–H and O–H groups in total. The van der Waals surface area contributed by atoms with Gasteiger partial charge in [0.1, 0.15) is 5.92 Å². The lowest BCUT2D eigenvalue weighted by Gasteiger charge is -2.19. The van der Waals surface area contributed by atoms with Crippen LogP contribution in [0.15, 0.2) is 24.3 Å². The van der Waals surface area contributed by atoms with E-state index in [1.807, 2.05) is 24.3 Å². The molecule has 5 nitrogen and oxygen atoms in total. The Labute approximate surface area is 132 Å². The van der Waals surface area contributed by atoms with Crippen LogP contribution in [-0.4, -0.2) is 24.0 Å². The summed E-state index contributed by atoms with van der Waals surface area (Å²) >= 11 is 1.41. The Bertz CT molecular complexity index is 659. The molecule has 1 fully saturated rings. The molecule has 6 heteroatoms. The van der Waals surface area contributed by atoms with Gasteiger partial charge in [-0.25, -0.2) is 4.98 Å². The quantitative estimate of drug-likeness (QED) is 0.694.